The van der Waals surface area contributed by atoms with E-state index in [1.807, 2.05) is 6.07 Å². The van der Waals surface area contributed by atoms with Crippen molar-refractivity contribution in [2.45, 2.75) is 19.4 Å². The number of hydrogen-bond donors (Lipinski definition) is 1. The molecule has 2 N–H and O–H groups in total. The van der Waals surface area contributed by atoms with Gasteiger partial charge in [-0.05, 0) is 36.6 Å². The van der Waals surface area contributed by atoms with Crippen LogP contribution in [0, 0.1) is 23.1 Å². The molecule has 1 atom stereocenters. The van der Waals surface area contributed by atoms with E-state index in [9.17, 15) is 24.0 Å². The van der Waals surface area contributed by atoms with E-state index in [4.69, 9.17) is 5.73 Å². The van der Waals surface area contributed by atoms with Crippen molar-refractivity contribution >= 4 is 11.7 Å². The van der Waals surface area contributed by atoms with Gasteiger partial charge in [-0.15, -0.1) is 0 Å². The zero-order chi connectivity index (χ0) is 20.4. The van der Waals surface area contributed by atoms with Crippen LogP contribution in [0.25, 0.3) is 0 Å². The molecule has 3 rings (SSSR count). The molecule has 1 amide bonds. The largest absolute Gasteiger partial charge is 0.369 e. The molecule has 1 aromatic carbocycles. The van der Waals surface area contributed by atoms with Gasteiger partial charge < -0.3 is 10.6 Å². The first-order valence-corrected chi connectivity index (χ1v) is 8.85. The van der Waals surface area contributed by atoms with Gasteiger partial charge >= 0.3 is 5.69 Å². The van der Waals surface area contributed by atoms with Crippen LogP contribution in [0.4, 0.5) is 10.2 Å². The first kappa shape index (κ1) is 19.4. The minimum Gasteiger partial charge on any atom is -0.369 e. The van der Waals surface area contributed by atoms with E-state index < -0.39 is 23.0 Å². The molecule has 0 spiro atoms. The fraction of sp³-hybridized carbons (Fsp3) is 0.368. The van der Waals surface area contributed by atoms with Gasteiger partial charge in [-0.2, -0.15) is 5.26 Å². The fourth-order valence-corrected chi connectivity index (χ4v) is 3.46. The molecule has 0 unspecified atom stereocenters. The summed E-state index contributed by atoms with van der Waals surface area (Å²) in [7, 11) is 1.35. The van der Waals surface area contributed by atoms with Gasteiger partial charge in [0.2, 0.25) is 5.91 Å². The third-order valence-electron chi connectivity index (χ3n) is 5.04. The maximum atomic E-state index is 13.7. The quantitative estimate of drug-likeness (QED) is 0.813. The van der Waals surface area contributed by atoms with Crippen LogP contribution in [-0.2, 0) is 18.4 Å². The number of benzene rings is 1. The number of nitrogens with two attached hydrogens (primary N) is 1. The highest BCUT2D eigenvalue weighted by atomic mass is 19.1. The summed E-state index contributed by atoms with van der Waals surface area (Å²) in [6.07, 6.45) is 1.32. The van der Waals surface area contributed by atoms with Crippen molar-refractivity contribution in [1.82, 2.24) is 9.13 Å². The number of nitriles is 1. The number of primary amides is 1. The monoisotopic (exact) mass is 385 g/mol. The minimum atomic E-state index is -0.586. The first-order valence-electron chi connectivity index (χ1n) is 8.85. The maximum absolute atomic E-state index is 13.7. The van der Waals surface area contributed by atoms with Gasteiger partial charge in [-0.1, -0.05) is 0 Å². The molecular weight excluding hydrogens is 365 g/mol. The van der Waals surface area contributed by atoms with Crippen molar-refractivity contribution in [2.24, 2.45) is 18.7 Å². The molecular formula is C19H20FN5O3. The van der Waals surface area contributed by atoms with Crippen molar-refractivity contribution in [3.8, 4) is 6.07 Å². The molecule has 1 aliphatic heterocycles. The number of rotatable bonds is 4. The number of halogens is 1. The Balaban J connectivity index is 2.11. The molecule has 1 fully saturated rings. The number of hydrogen-bond acceptors (Lipinski definition) is 5. The van der Waals surface area contributed by atoms with Gasteiger partial charge in [0.25, 0.3) is 5.56 Å². The molecule has 8 nitrogen and oxygen atoms in total. The molecule has 0 saturated carbocycles. The number of amides is 1. The smallest absolute Gasteiger partial charge is 0.332 e. The second-order valence-electron chi connectivity index (χ2n) is 6.87. The third kappa shape index (κ3) is 3.67. The Morgan fingerprint density at radius 2 is 2.11 bits per heavy atom. The Hall–Kier alpha value is -3.41. The van der Waals surface area contributed by atoms with E-state index in [1.165, 1.54) is 35.9 Å². The Morgan fingerprint density at radius 3 is 2.79 bits per heavy atom. The zero-order valence-electron chi connectivity index (χ0n) is 15.4. The second kappa shape index (κ2) is 7.68. The summed E-state index contributed by atoms with van der Waals surface area (Å²) in [4.78, 5) is 38.4. The van der Waals surface area contributed by atoms with E-state index in [2.05, 4.69) is 0 Å². The lowest BCUT2D eigenvalue weighted by Gasteiger charge is -2.34. The van der Waals surface area contributed by atoms with Crippen molar-refractivity contribution in [2.75, 3.05) is 18.0 Å². The summed E-state index contributed by atoms with van der Waals surface area (Å²) in [5.74, 6) is -1.02. The highest BCUT2D eigenvalue weighted by molar-refractivity contribution is 5.77. The van der Waals surface area contributed by atoms with Gasteiger partial charge in [0, 0.05) is 26.2 Å². The van der Waals surface area contributed by atoms with Crippen LogP contribution in [0.5, 0.6) is 0 Å². The second-order valence-corrected chi connectivity index (χ2v) is 6.87. The highest BCUT2D eigenvalue weighted by Crippen LogP contribution is 2.23. The van der Waals surface area contributed by atoms with E-state index >= 15 is 0 Å². The van der Waals surface area contributed by atoms with Gasteiger partial charge in [0.05, 0.1) is 24.1 Å². The van der Waals surface area contributed by atoms with Crippen LogP contribution < -0.4 is 21.9 Å². The lowest BCUT2D eigenvalue weighted by atomic mass is 9.97. The molecule has 1 aliphatic rings. The molecule has 0 aliphatic carbocycles. The molecule has 1 aromatic heterocycles. The lowest BCUT2D eigenvalue weighted by molar-refractivity contribution is -0.122. The Morgan fingerprint density at radius 1 is 1.36 bits per heavy atom. The van der Waals surface area contributed by atoms with Crippen LogP contribution in [0.2, 0.25) is 0 Å². The molecule has 146 valence electrons. The highest BCUT2D eigenvalue weighted by Gasteiger charge is 2.26. The summed E-state index contributed by atoms with van der Waals surface area (Å²) in [5, 5.41) is 9.29. The molecule has 9 heteroatoms. The van der Waals surface area contributed by atoms with Gasteiger partial charge in [0.15, 0.2) is 0 Å². The fourth-order valence-electron chi connectivity index (χ4n) is 3.46. The average molecular weight is 385 g/mol. The van der Waals surface area contributed by atoms with Crippen LogP contribution >= 0.6 is 0 Å². The van der Waals surface area contributed by atoms with E-state index in [1.54, 1.807) is 4.90 Å². The standard InChI is InChI=1S/C19H20FN5O3/c1-23-17(26)8-16(24-6-2-3-13(10-24)18(22)27)25(19(23)28)11-14-7-15(20)5-4-12(14)9-21/h4-5,7-8,13H,2-3,6,10-11H2,1H3,(H2,22,27)/t13-/m1/s1. The Bertz CT molecular complexity index is 1080. The molecule has 0 bridgehead atoms. The van der Waals surface area contributed by atoms with Crippen LogP contribution in [0.1, 0.15) is 24.0 Å². The van der Waals surface area contributed by atoms with Gasteiger partial charge in [-0.25, -0.2) is 9.18 Å². The van der Waals surface area contributed by atoms with E-state index in [0.717, 1.165) is 4.57 Å². The SMILES string of the molecule is Cn1c(=O)cc(N2CCC[C@@H](C(N)=O)C2)n(Cc2cc(F)ccc2C#N)c1=O. The van der Waals surface area contributed by atoms with Gasteiger partial charge in [0.1, 0.15) is 11.6 Å². The summed E-state index contributed by atoms with van der Waals surface area (Å²) in [6, 6.07) is 7.02. The van der Waals surface area contributed by atoms with Crippen LogP contribution in [0.3, 0.4) is 0 Å². The molecule has 28 heavy (non-hydrogen) atoms. The number of aromatic nitrogens is 2. The number of anilines is 1. The van der Waals surface area contributed by atoms with Crippen LogP contribution in [0.15, 0.2) is 33.9 Å². The van der Waals surface area contributed by atoms with E-state index in [-0.39, 0.29) is 24.6 Å². The van der Waals surface area contributed by atoms with Crippen LogP contribution in [-0.4, -0.2) is 28.1 Å². The average Bonchev–Trinajstić information content (AvgIpc) is 2.68. The maximum Gasteiger partial charge on any atom is 0.332 e. The minimum absolute atomic E-state index is 0.0827. The summed E-state index contributed by atoms with van der Waals surface area (Å²) in [6.45, 7) is 0.752. The topological polar surface area (TPSA) is 114 Å². The summed E-state index contributed by atoms with van der Waals surface area (Å²) < 4.78 is 16.0. The van der Waals surface area contributed by atoms with Crippen molar-refractivity contribution in [1.29, 1.82) is 5.26 Å². The molecule has 1 saturated heterocycles. The first-order chi connectivity index (χ1) is 13.3. The molecule has 0 radical (unpaired) electrons. The van der Waals surface area contributed by atoms with Crippen molar-refractivity contribution < 1.29 is 9.18 Å². The molecule has 2 aromatic rings. The van der Waals surface area contributed by atoms with E-state index in [0.29, 0.717) is 30.8 Å². The Labute approximate surface area is 160 Å². The number of piperidine rings is 1. The summed E-state index contributed by atoms with van der Waals surface area (Å²) >= 11 is 0. The van der Waals surface area contributed by atoms with Crippen molar-refractivity contribution in [3.05, 3.63) is 62.0 Å². The number of nitrogens with zero attached hydrogens (tertiary/aromatic N) is 4. The molecule has 2 heterocycles. The predicted molar refractivity (Wildman–Crippen MR) is 100 cm³/mol. The number of carbonyl (C=O) groups excluding carboxylic acids is 1. The number of carbonyl (C=O) groups is 1. The van der Waals surface area contributed by atoms with Gasteiger partial charge in [-0.3, -0.25) is 18.7 Å². The summed E-state index contributed by atoms with van der Waals surface area (Å²) in [5.41, 5.74) is 4.92. The normalized spacial score (nSPS) is 16.6. The Kier molecular flexibility index (Phi) is 5.31. The third-order valence-corrected chi connectivity index (χ3v) is 5.04. The lowest BCUT2D eigenvalue weighted by Crippen LogP contribution is -2.46. The predicted octanol–water partition coefficient (Wildman–Crippen LogP) is 0.308. The zero-order valence-corrected chi connectivity index (χ0v) is 15.4. The van der Waals surface area contributed by atoms with Crippen molar-refractivity contribution in [3.63, 3.8) is 0 Å².